The largest absolute Gasteiger partial charge is 0.0845 e. The Balaban J connectivity index is 1.95. The van der Waals surface area contributed by atoms with Gasteiger partial charge >= 0.3 is 0 Å². The van der Waals surface area contributed by atoms with Crippen LogP contribution in [0, 0.1) is 11.8 Å². The molecule has 2 unspecified atom stereocenters. The Labute approximate surface area is 85.0 Å². The number of benzene rings is 1. The zero-order chi connectivity index (χ0) is 9.38. The van der Waals surface area contributed by atoms with Gasteiger partial charge in [-0.1, -0.05) is 48.6 Å². The molecule has 14 heavy (non-hydrogen) atoms. The SMILES string of the molecule is C1=CC2CC(c3ccccc3)=CC1C2. The van der Waals surface area contributed by atoms with Gasteiger partial charge in [-0.2, -0.15) is 0 Å². The third-order valence-corrected chi connectivity index (χ3v) is 3.25. The van der Waals surface area contributed by atoms with Gasteiger partial charge in [0.2, 0.25) is 0 Å². The van der Waals surface area contributed by atoms with Gasteiger partial charge in [-0.25, -0.2) is 0 Å². The highest BCUT2D eigenvalue weighted by Gasteiger charge is 2.24. The summed E-state index contributed by atoms with van der Waals surface area (Å²) in [6.07, 6.45) is 9.76. The lowest BCUT2D eigenvalue weighted by Gasteiger charge is -2.19. The lowest BCUT2D eigenvalue weighted by molar-refractivity contribution is 0.571. The van der Waals surface area contributed by atoms with E-state index in [2.05, 4.69) is 48.6 Å². The van der Waals surface area contributed by atoms with Crippen LogP contribution in [0.1, 0.15) is 18.4 Å². The first-order valence-electron chi connectivity index (χ1n) is 5.36. The van der Waals surface area contributed by atoms with Crippen molar-refractivity contribution in [2.75, 3.05) is 0 Å². The Kier molecular flexibility index (Phi) is 1.80. The molecule has 0 amide bonds. The highest BCUT2D eigenvalue weighted by Crippen LogP contribution is 2.39. The van der Waals surface area contributed by atoms with E-state index in [0.717, 1.165) is 5.92 Å². The monoisotopic (exact) mass is 182 g/mol. The first-order valence-corrected chi connectivity index (χ1v) is 5.36. The van der Waals surface area contributed by atoms with E-state index in [0.29, 0.717) is 5.92 Å². The number of fused-ring (bicyclic) bond motifs is 2. The lowest BCUT2D eigenvalue weighted by Crippen LogP contribution is -2.04. The zero-order valence-corrected chi connectivity index (χ0v) is 8.19. The van der Waals surface area contributed by atoms with E-state index < -0.39 is 0 Å². The van der Waals surface area contributed by atoms with Crippen molar-refractivity contribution in [3.63, 3.8) is 0 Å². The fourth-order valence-electron chi connectivity index (χ4n) is 2.56. The Morgan fingerprint density at radius 1 is 1.00 bits per heavy atom. The van der Waals surface area contributed by atoms with Crippen LogP contribution in [-0.4, -0.2) is 0 Å². The average molecular weight is 182 g/mol. The molecular weight excluding hydrogens is 168 g/mol. The predicted molar refractivity (Wildman–Crippen MR) is 59.8 cm³/mol. The van der Waals surface area contributed by atoms with E-state index in [1.807, 2.05) is 0 Å². The van der Waals surface area contributed by atoms with E-state index in [-0.39, 0.29) is 0 Å². The van der Waals surface area contributed by atoms with Crippen LogP contribution in [0.25, 0.3) is 5.57 Å². The first-order chi connectivity index (χ1) is 6.92. The molecule has 0 spiro atoms. The predicted octanol–water partition coefficient (Wildman–Crippen LogP) is 3.67. The van der Waals surface area contributed by atoms with Crippen molar-refractivity contribution in [3.05, 3.63) is 54.1 Å². The van der Waals surface area contributed by atoms with Gasteiger partial charge < -0.3 is 0 Å². The Morgan fingerprint density at radius 3 is 2.64 bits per heavy atom. The molecule has 0 nitrogen and oxygen atoms in total. The molecule has 0 radical (unpaired) electrons. The molecule has 0 N–H and O–H groups in total. The number of hydrogen-bond acceptors (Lipinski definition) is 0. The van der Waals surface area contributed by atoms with Crippen molar-refractivity contribution in [2.45, 2.75) is 12.8 Å². The van der Waals surface area contributed by atoms with Crippen LogP contribution in [0.5, 0.6) is 0 Å². The van der Waals surface area contributed by atoms with Crippen LogP contribution in [0.15, 0.2) is 48.6 Å². The van der Waals surface area contributed by atoms with Crippen molar-refractivity contribution in [2.24, 2.45) is 11.8 Å². The van der Waals surface area contributed by atoms with Crippen LogP contribution in [-0.2, 0) is 0 Å². The number of allylic oxidation sites excluding steroid dienone is 4. The van der Waals surface area contributed by atoms with Crippen molar-refractivity contribution in [1.82, 2.24) is 0 Å². The average Bonchev–Trinajstić information content (AvgIpc) is 2.59. The number of hydrogen-bond donors (Lipinski definition) is 0. The van der Waals surface area contributed by atoms with Crippen molar-refractivity contribution >= 4 is 5.57 Å². The molecule has 2 aliphatic rings. The van der Waals surface area contributed by atoms with Gasteiger partial charge in [0.25, 0.3) is 0 Å². The van der Waals surface area contributed by atoms with Gasteiger partial charge in [-0.3, -0.25) is 0 Å². The minimum atomic E-state index is 0.712. The summed E-state index contributed by atoms with van der Waals surface area (Å²) in [7, 11) is 0. The molecule has 1 aromatic rings. The molecule has 0 saturated carbocycles. The molecule has 0 fully saturated rings. The van der Waals surface area contributed by atoms with Gasteiger partial charge in [0.05, 0.1) is 0 Å². The fraction of sp³-hybridized carbons (Fsp3) is 0.286. The molecule has 3 rings (SSSR count). The normalized spacial score (nSPS) is 29.0. The molecule has 0 saturated heterocycles. The smallest absolute Gasteiger partial charge is 0.00416 e. The van der Waals surface area contributed by atoms with Crippen molar-refractivity contribution in [3.8, 4) is 0 Å². The molecule has 70 valence electrons. The van der Waals surface area contributed by atoms with Gasteiger partial charge in [0, 0.05) is 0 Å². The Bertz CT molecular complexity index is 384. The van der Waals surface area contributed by atoms with E-state index >= 15 is 0 Å². The maximum Gasteiger partial charge on any atom is -0.00416 e. The molecule has 0 aliphatic heterocycles. The quantitative estimate of drug-likeness (QED) is 0.581. The minimum Gasteiger partial charge on any atom is -0.0845 e. The summed E-state index contributed by atoms with van der Waals surface area (Å²) in [6.45, 7) is 0. The summed E-state index contributed by atoms with van der Waals surface area (Å²) in [5, 5.41) is 0. The van der Waals surface area contributed by atoms with E-state index in [9.17, 15) is 0 Å². The third kappa shape index (κ3) is 1.31. The highest BCUT2D eigenvalue weighted by molar-refractivity contribution is 5.67. The highest BCUT2D eigenvalue weighted by atomic mass is 14.3. The summed E-state index contributed by atoms with van der Waals surface area (Å²) >= 11 is 0. The molecule has 1 aromatic carbocycles. The van der Waals surface area contributed by atoms with Gasteiger partial charge in [-0.15, -0.1) is 0 Å². The second kappa shape index (κ2) is 3.13. The van der Waals surface area contributed by atoms with Gasteiger partial charge in [-0.05, 0) is 35.8 Å². The molecule has 2 aliphatic carbocycles. The topological polar surface area (TPSA) is 0 Å². The molecular formula is C14H14. The first kappa shape index (κ1) is 8.05. The summed E-state index contributed by atoms with van der Waals surface area (Å²) in [4.78, 5) is 0. The Morgan fingerprint density at radius 2 is 1.86 bits per heavy atom. The molecule has 2 bridgehead atoms. The number of rotatable bonds is 1. The summed E-state index contributed by atoms with van der Waals surface area (Å²) in [6, 6.07) is 10.8. The maximum absolute atomic E-state index is 2.44. The molecule has 2 atom stereocenters. The van der Waals surface area contributed by atoms with Gasteiger partial charge in [0.1, 0.15) is 0 Å². The van der Waals surface area contributed by atoms with Crippen LogP contribution in [0.3, 0.4) is 0 Å². The fourth-order valence-corrected chi connectivity index (χ4v) is 2.56. The second-order valence-corrected chi connectivity index (χ2v) is 4.31. The molecule has 0 heterocycles. The summed E-state index contributed by atoms with van der Waals surface area (Å²) in [5.74, 6) is 1.52. The van der Waals surface area contributed by atoms with E-state index in [1.165, 1.54) is 24.0 Å². The summed E-state index contributed by atoms with van der Waals surface area (Å²) in [5.41, 5.74) is 2.95. The second-order valence-electron chi connectivity index (χ2n) is 4.31. The van der Waals surface area contributed by atoms with Crippen molar-refractivity contribution in [1.29, 1.82) is 0 Å². The molecule has 0 heteroatoms. The Hall–Kier alpha value is -1.30. The van der Waals surface area contributed by atoms with Crippen LogP contribution in [0.2, 0.25) is 0 Å². The van der Waals surface area contributed by atoms with Gasteiger partial charge in [0.15, 0.2) is 0 Å². The van der Waals surface area contributed by atoms with E-state index in [4.69, 9.17) is 0 Å². The van der Waals surface area contributed by atoms with Crippen molar-refractivity contribution < 1.29 is 0 Å². The third-order valence-electron chi connectivity index (χ3n) is 3.25. The van der Waals surface area contributed by atoms with E-state index in [1.54, 1.807) is 0 Å². The van der Waals surface area contributed by atoms with Crippen LogP contribution in [0.4, 0.5) is 0 Å². The van der Waals surface area contributed by atoms with Crippen LogP contribution < -0.4 is 0 Å². The van der Waals surface area contributed by atoms with Crippen LogP contribution >= 0.6 is 0 Å². The minimum absolute atomic E-state index is 0.712. The summed E-state index contributed by atoms with van der Waals surface area (Å²) < 4.78 is 0. The zero-order valence-electron chi connectivity index (χ0n) is 8.19. The lowest BCUT2D eigenvalue weighted by atomic mass is 9.85. The molecule has 0 aromatic heterocycles. The standard InChI is InChI=1S/C14H14/c1-2-4-13(5-3-1)14-9-11-6-7-12(8-11)10-14/h1-7,9,11-12H,8,10H2. The maximum atomic E-state index is 2.44.